The number of carbonyl (C=O) groups is 1. The van der Waals surface area contributed by atoms with Crippen LogP contribution in [0.4, 0.5) is 0 Å². The van der Waals surface area contributed by atoms with Crippen LogP contribution in [0.1, 0.15) is 39.5 Å². The minimum atomic E-state index is -3.14. The highest BCUT2D eigenvalue weighted by Gasteiger charge is 2.39. The largest absolute Gasteiger partial charge is 0.356 e. The van der Waals surface area contributed by atoms with Crippen LogP contribution in [0, 0.1) is 5.41 Å². The van der Waals surface area contributed by atoms with Gasteiger partial charge in [0.05, 0.1) is 11.7 Å². The topological polar surface area (TPSA) is 78.5 Å². The van der Waals surface area contributed by atoms with Crippen LogP contribution >= 0.6 is 0 Å². The van der Waals surface area contributed by atoms with E-state index >= 15 is 0 Å². The van der Waals surface area contributed by atoms with Gasteiger partial charge < -0.3 is 10.6 Å². The molecule has 7 heteroatoms. The molecule has 0 saturated carbocycles. The summed E-state index contributed by atoms with van der Waals surface area (Å²) in [5.41, 5.74) is -0.268. The van der Waals surface area contributed by atoms with Crippen LogP contribution in [0.25, 0.3) is 0 Å². The summed E-state index contributed by atoms with van der Waals surface area (Å²) in [5.74, 6) is 0.108. The van der Waals surface area contributed by atoms with Crippen molar-refractivity contribution < 1.29 is 13.2 Å². The Kier molecular flexibility index (Phi) is 7.09. The van der Waals surface area contributed by atoms with E-state index in [0.717, 1.165) is 32.4 Å². The fraction of sp³-hybridized carbons (Fsp3) is 0.929. The lowest BCUT2D eigenvalue weighted by Crippen LogP contribution is -2.43. The third kappa shape index (κ3) is 5.23. The van der Waals surface area contributed by atoms with Crippen molar-refractivity contribution in [1.29, 1.82) is 0 Å². The average Bonchev–Trinajstić information content (AvgIpc) is 2.87. The van der Waals surface area contributed by atoms with Crippen LogP contribution < -0.4 is 10.6 Å². The van der Waals surface area contributed by atoms with E-state index in [1.54, 1.807) is 0 Å². The Morgan fingerprint density at radius 3 is 2.57 bits per heavy atom. The minimum Gasteiger partial charge on any atom is -0.356 e. The van der Waals surface area contributed by atoms with Gasteiger partial charge in [0.15, 0.2) is 0 Å². The molecule has 0 aromatic carbocycles. The van der Waals surface area contributed by atoms with E-state index < -0.39 is 10.0 Å². The summed E-state index contributed by atoms with van der Waals surface area (Å²) in [7, 11) is -3.14. The number of amides is 1. The fourth-order valence-electron chi connectivity index (χ4n) is 2.95. The first-order valence-corrected chi connectivity index (χ1v) is 9.64. The number of nitrogens with one attached hydrogen (secondary N) is 2. The molecule has 1 heterocycles. The second-order valence-corrected chi connectivity index (χ2v) is 7.80. The van der Waals surface area contributed by atoms with Crippen LogP contribution in [0.5, 0.6) is 0 Å². The zero-order valence-electron chi connectivity index (χ0n) is 13.4. The molecule has 1 unspecified atom stereocenters. The smallest absolute Gasteiger partial charge is 0.227 e. The predicted molar refractivity (Wildman–Crippen MR) is 84.5 cm³/mol. The molecule has 6 nitrogen and oxygen atoms in total. The Balaban J connectivity index is 2.39. The van der Waals surface area contributed by atoms with Gasteiger partial charge in [-0.3, -0.25) is 4.79 Å². The van der Waals surface area contributed by atoms with Crippen molar-refractivity contribution in [2.75, 3.05) is 39.0 Å². The van der Waals surface area contributed by atoms with Crippen LogP contribution in [0.15, 0.2) is 0 Å². The first-order chi connectivity index (χ1) is 9.85. The molecule has 21 heavy (non-hydrogen) atoms. The molecule has 0 bridgehead atoms. The predicted octanol–water partition coefficient (Wildman–Crippen LogP) is 0.554. The fourth-order valence-corrected chi connectivity index (χ4v) is 3.88. The van der Waals surface area contributed by atoms with Gasteiger partial charge >= 0.3 is 0 Å². The highest BCUT2D eigenvalue weighted by Crippen LogP contribution is 2.31. The Morgan fingerprint density at radius 1 is 1.38 bits per heavy atom. The summed E-state index contributed by atoms with van der Waals surface area (Å²) in [6.45, 7) is 7.00. The zero-order chi connectivity index (χ0) is 15.9. The van der Waals surface area contributed by atoms with E-state index in [1.165, 1.54) is 10.6 Å². The van der Waals surface area contributed by atoms with E-state index in [9.17, 15) is 13.2 Å². The van der Waals surface area contributed by atoms with Gasteiger partial charge in [-0.25, -0.2) is 12.7 Å². The van der Waals surface area contributed by atoms with Gasteiger partial charge in [0.2, 0.25) is 15.9 Å². The average molecular weight is 319 g/mol. The summed E-state index contributed by atoms with van der Waals surface area (Å²) >= 11 is 0. The van der Waals surface area contributed by atoms with Gasteiger partial charge in [-0.1, -0.05) is 20.3 Å². The van der Waals surface area contributed by atoms with Crippen molar-refractivity contribution in [2.45, 2.75) is 39.5 Å². The maximum absolute atomic E-state index is 12.4. The zero-order valence-corrected chi connectivity index (χ0v) is 14.3. The summed E-state index contributed by atoms with van der Waals surface area (Å²) in [4.78, 5) is 12.4. The standard InChI is InChI=1S/C14H29N3O3S/c1-4-7-14(8-10-15-12-14)13(18)16-9-6-11-17(5-2)21(3,19)20/h15H,4-12H2,1-3H3,(H,16,18). The Hall–Kier alpha value is -0.660. The Morgan fingerprint density at radius 2 is 2.10 bits per heavy atom. The van der Waals surface area contributed by atoms with Crippen LogP contribution in [0.2, 0.25) is 0 Å². The maximum Gasteiger partial charge on any atom is 0.227 e. The molecule has 0 aromatic rings. The van der Waals surface area contributed by atoms with Crippen LogP contribution in [-0.4, -0.2) is 57.6 Å². The number of carbonyl (C=O) groups excluding carboxylic acids is 1. The number of nitrogens with zero attached hydrogens (tertiary/aromatic N) is 1. The number of sulfonamides is 1. The monoisotopic (exact) mass is 319 g/mol. The summed E-state index contributed by atoms with van der Waals surface area (Å²) in [6, 6.07) is 0. The molecule has 1 saturated heterocycles. The third-order valence-corrected chi connectivity index (χ3v) is 5.52. The molecule has 124 valence electrons. The lowest BCUT2D eigenvalue weighted by atomic mass is 9.81. The highest BCUT2D eigenvalue weighted by atomic mass is 32.2. The maximum atomic E-state index is 12.4. The third-order valence-electron chi connectivity index (χ3n) is 4.15. The molecule has 0 aliphatic carbocycles. The Labute approximate surface area is 128 Å². The first kappa shape index (κ1) is 18.4. The summed E-state index contributed by atoms with van der Waals surface area (Å²) < 4.78 is 24.4. The molecule has 1 aliphatic heterocycles. The molecule has 1 fully saturated rings. The number of hydrogen-bond acceptors (Lipinski definition) is 4. The van der Waals surface area contributed by atoms with Crippen molar-refractivity contribution in [1.82, 2.24) is 14.9 Å². The van der Waals surface area contributed by atoms with E-state index in [-0.39, 0.29) is 11.3 Å². The van der Waals surface area contributed by atoms with Crippen molar-refractivity contribution in [2.24, 2.45) is 5.41 Å². The molecule has 1 rings (SSSR count). The summed E-state index contributed by atoms with van der Waals surface area (Å²) in [5, 5.41) is 6.25. The molecule has 1 atom stereocenters. The number of rotatable bonds is 9. The second-order valence-electron chi connectivity index (χ2n) is 5.82. The molecular weight excluding hydrogens is 290 g/mol. The van der Waals surface area contributed by atoms with E-state index in [0.29, 0.717) is 26.1 Å². The van der Waals surface area contributed by atoms with E-state index in [1.807, 2.05) is 6.92 Å². The molecule has 2 N–H and O–H groups in total. The Bertz CT molecular complexity index is 431. The van der Waals surface area contributed by atoms with Gasteiger partial charge in [0.1, 0.15) is 0 Å². The van der Waals surface area contributed by atoms with Gasteiger partial charge in [-0.05, 0) is 25.8 Å². The minimum absolute atomic E-state index is 0.108. The van der Waals surface area contributed by atoms with Gasteiger partial charge in [0, 0.05) is 26.2 Å². The molecule has 0 aromatic heterocycles. The number of hydrogen-bond donors (Lipinski definition) is 2. The normalized spacial score (nSPS) is 22.7. The molecule has 1 amide bonds. The molecule has 0 radical (unpaired) electrons. The van der Waals surface area contributed by atoms with Crippen LogP contribution in [0.3, 0.4) is 0 Å². The van der Waals surface area contributed by atoms with Crippen molar-refractivity contribution in [3.8, 4) is 0 Å². The van der Waals surface area contributed by atoms with Crippen molar-refractivity contribution in [3.05, 3.63) is 0 Å². The van der Waals surface area contributed by atoms with Gasteiger partial charge in [0.25, 0.3) is 0 Å². The lowest BCUT2D eigenvalue weighted by molar-refractivity contribution is -0.130. The van der Waals surface area contributed by atoms with E-state index in [2.05, 4.69) is 17.6 Å². The molecule has 1 aliphatic rings. The van der Waals surface area contributed by atoms with Crippen molar-refractivity contribution >= 4 is 15.9 Å². The summed E-state index contributed by atoms with van der Waals surface area (Å²) in [6.07, 6.45) is 4.64. The van der Waals surface area contributed by atoms with Gasteiger partial charge in [-0.15, -0.1) is 0 Å². The second kappa shape index (κ2) is 8.10. The van der Waals surface area contributed by atoms with Crippen molar-refractivity contribution in [3.63, 3.8) is 0 Å². The SMILES string of the molecule is CCCC1(C(=O)NCCCN(CC)S(C)(=O)=O)CCNC1. The van der Waals surface area contributed by atoms with Gasteiger partial charge in [-0.2, -0.15) is 0 Å². The van der Waals surface area contributed by atoms with E-state index in [4.69, 9.17) is 0 Å². The molecular formula is C14H29N3O3S. The highest BCUT2D eigenvalue weighted by molar-refractivity contribution is 7.88. The van der Waals surface area contributed by atoms with Crippen LogP contribution in [-0.2, 0) is 14.8 Å². The lowest BCUT2D eigenvalue weighted by Gasteiger charge is -2.26. The quantitative estimate of drug-likeness (QED) is 0.609. The molecule has 0 spiro atoms. The first-order valence-electron chi connectivity index (χ1n) is 7.80.